The fraction of sp³-hybridized carbons (Fsp3) is 0.588. The Morgan fingerprint density at radius 3 is 2.90 bits per heavy atom. The van der Waals surface area contributed by atoms with Gasteiger partial charge in [-0.15, -0.1) is 0 Å². The van der Waals surface area contributed by atoms with Crippen LogP contribution in [0.2, 0.25) is 0 Å². The molecule has 1 saturated carbocycles. The summed E-state index contributed by atoms with van der Waals surface area (Å²) in [5.74, 6) is 2.62. The Hall–Kier alpha value is -1.71. The number of benzene rings is 1. The molecule has 2 atom stereocenters. The molecule has 1 aliphatic carbocycles. The zero-order chi connectivity index (χ0) is 15.2. The van der Waals surface area contributed by atoms with Crippen molar-refractivity contribution in [2.45, 2.75) is 45.7 Å². The van der Waals surface area contributed by atoms with E-state index in [4.69, 9.17) is 4.74 Å². The van der Waals surface area contributed by atoms with Crippen LogP contribution in [0.15, 0.2) is 23.2 Å². The molecule has 1 aromatic carbocycles. The minimum absolute atomic E-state index is 0.594. The molecular formula is C17H27N3O. The molecule has 0 bridgehead atoms. The van der Waals surface area contributed by atoms with Gasteiger partial charge in [-0.1, -0.05) is 25.5 Å². The SMILES string of the molecule is CCCC1CC1NC(=NC)NCc1ccc(C)cc1OC. The Morgan fingerprint density at radius 1 is 1.43 bits per heavy atom. The van der Waals surface area contributed by atoms with E-state index in [1.165, 1.54) is 24.8 Å². The van der Waals surface area contributed by atoms with E-state index in [1.807, 2.05) is 7.05 Å². The first-order chi connectivity index (χ1) is 10.2. The molecule has 0 aliphatic heterocycles. The Balaban J connectivity index is 1.86. The second-order valence-electron chi connectivity index (χ2n) is 5.78. The number of nitrogens with zero attached hydrogens (tertiary/aromatic N) is 1. The van der Waals surface area contributed by atoms with Gasteiger partial charge in [-0.25, -0.2) is 0 Å². The molecule has 116 valence electrons. The third-order valence-corrected chi connectivity index (χ3v) is 4.02. The molecule has 2 rings (SSSR count). The van der Waals surface area contributed by atoms with Crippen molar-refractivity contribution in [1.29, 1.82) is 0 Å². The zero-order valence-corrected chi connectivity index (χ0v) is 13.6. The summed E-state index contributed by atoms with van der Waals surface area (Å²) in [6.45, 7) is 5.03. The lowest BCUT2D eigenvalue weighted by Crippen LogP contribution is -2.38. The summed E-state index contributed by atoms with van der Waals surface area (Å²) in [6.07, 6.45) is 3.83. The van der Waals surface area contributed by atoms with Gasteiger partial charge in [0, 0.05) is 25.2 Å². The van der Waals surface area contributed by atoms with Gasteiger partial charge < -0.3 is 15.4 Å². The first-order valence-corrected chi connectivity index (χ1v) is 7.78. The highest BCUT2D eigenvalue weighted by atomic mass is 16.5. The van der Waals surface area contributed by atoms with Crippen molar-refractivity contribution in [3.05, 3.63) is 29.3 Å². The minimum atomic E-state index is 0.594. The number of hydrogen-bond donors (Lipinski definition) is 2. The first-order valence-electron chi connectivity index (χ1n) is 7.78. The standard InChI is InChI=1S/C17H27N3O/c1-5-6-13-10-15(13)20-17(18-3)19-11-14-8-7-12(2)9-16(14)21-4/h7-9,13,15H,5-6,10-11H2,1-4H3,(H2,18,19,20). The monoisotopic (exact) mass is 289 g/mol. The van der Waals surface area contributed by atoms with E-state index in [0.29, 0.717) is 12.6 Å². The lowest BCUT2D eigenvalue weighted by molar-refractivity contribution is 0.408. The molecule has 0 saturated heterocycles. The number of ether oxygens (including phenoxy) is 1. The van der Waals surface area contributed by atoms with E-state index in [9.17, 15) is 0 Å². The normalized spacial score (nSPS) is 21.0. The second kappa shape index (κ2) is 7.34. The second-order valence-corrected chi connectivity index (χ2v) is 5.78. The van der Waals surface area contributed by atoms with E-state index >= 15 is 0 Å². The maximum Gasteiger partial charge on any atom is 0.191 e. The zero-order valence-electron chi connectivity index (χ0n) is 13.6. The molecule has 0 amide bonds. The molecule has 1 fully saturated rings. The average molecular weight is 289 g/mol. The van der Waals surface area contributed by atoms with Crippen molar-refractivity contribution < 1.29 is 4.74 Å². The third kappa shape index (κ3) is 4.38. The number of rotatable bonds is 6. The van der Waals surface area contributed by atoms with E-state index in [1.54, 1.807) is 7.11 Å². The van der Waals surface area contributed by atoms with Crippen LogP contribution in [0.3, 0.4) is 0 Å². The maximum atomic E-state index is 5.43. The van der Waals surface area contributed by atoms with Gasteiger partial charge in [0.25, 0.3) is 0 Å². The Labute approximate surface area is 128 Å². The van der Waals surface area contributed by atoms with Gasteiger partial charge in [0.2, 0.25) is 0 Å². The molecule has 0 heterocycles. The number of guanidine groups is 1. The van der Waals surface area contributed by atoms with E-state index in [-0.39, 0.29) is 0 Å². The van der Waals surface area contributed by atoms with Gasteiger partial charge in [0.05, 0.1) is 7.11 Å². The Kier molecular flexibility index (Phi) is 5.48. The molecule has 2 unspecified atom stereocenters. The van der Waals surface area contributed by atoms with Crippen LogP contribution < -0.4 is 15.4 Å². The minimum Gasteiger partial charge on any atom is -0.496 e. The highest BCUT2D eigenvalue weighted by Crippen LogP contribution is 2.34. The van der Waals surface area contributed by atoms with Crippen LogP contribution in [0.25, 0.3) is 0 Å². The molecule has 1 aliphatic rings. The number of hydrogen-bond acceptors (Lipinski definition) is 2. The van der Waals surface area contributed by atoms with Crippen LogP contribution in [0.4, 0.5) is 0 Å². The van der Waals surface area contributed by atoms with Crippen LogP contribution in [0.5, 0.6) is 5.75 Å². The van der Waals surface area contributed by atoms with Crippen molar-refractivity contribution in [2.24, 2.45) is 10.9 Å². The van der Waals surface area contributed by atoms with Crippen molar-refractivity contribution in [2.75, 3.05) is 14.2 Å². The largest absolute Gasteiger partial charge is 0.496 e. The van der Waals surface area contributed by atoms with Crippen molar-refractivity contribution in [3.8, 4) is 5.75 Å². The highest BCUT2D eigenvalue weighted by Gasteiger charge is 2.36. The first kappa shape index (κ1) is 15.7. The lowest BCUT2D eigenvalue weighted by atomic mass is 10.1. The summed E-state index contributed by atoms with van der Waals surface area (Å²) >= 11 is 0. The van der Waals surface area contributed by atoms with Crippen molar-refractivity contribution in [3.63, 3.8) is 0 Å². The Bertz CT molecular complexity index is 499. The van der Waals surface area contributed by atoms with Crippen molar-refractivity contribution >= 4 is 5.96 Å². The number of methoxy groups -OCH3 is 1. The molecule has 0 aromatic heterocycles. The number of aryl methyl sites for hydroxylation is 1. The summed E-state index contributed by atoms with van der Waals surface area (Å²) in [6, 6.07) is 6.86. The summed E-state index contributed by atoms with van der Waals surface area (Å²) in [5, 5.41) is 6.87. The van der Waals surface area contributed by atoms with Gasteiger partial charge in [-0.3, -0.25) is 4.99 Å². The molecule has 0 spiro atoms. The molecular weight excluding hydrogens is 262 g/mol. The molecule has 4 heteroatoms. The summed E-state index contributed by atoms with van der Waals surface area (Å²) in [4.78, 5) is 4.30. The quantitative estimate of drug-likeness (QED) is 0.625. The number of nitrogens with one attached hydrogen (secondary N) is 2. The van der Waals surface area contributed by atoms with Gasteiger partial charge in [-0.2, -0.15) is 0 Å². The molecule has 21 heavy (non-hydrogen) atoms. The van der Waals surface area contributed by atoms with Gasteiger partial charge in [0.15, 0.2) is 5.96 Å². The molecule has 0 radical (unpaired) electrons. The van der Waals surface area contributed by atoms with Gasteiger partial charge >= 0.3 is 0 Å². The van der Waals surface area contributed by atoms with E-state index < -0.39 is 0 Å². The van der Waals surface area contributed by atoms with Crippen LogP contribution in [0, 0.1) is 12.8 Å². The van der Waals surface area contributed by atoms with Crippen LogP contribution >= 0.6 is 0 Å². The summed E-state index contributed by atoms with van der Waals surface area (Å²) < 4.78 is 5.43. The van der Waals surface area contributed by atoms with Crippen LogP contribution in [-0.2, 0) is 6.54 Å². The Morgan fingerprint density at radius 2 is 2.24 bits per heavy atom. The van der Waals surface area contributed by atoms with E-state index in [2.05, 4.69) is 47.7 Å². The maximum absolute atomic E-state index is 5.43. The highest BCUT2D eigenvalue weighted by molar-refractivity contribution is 5.80. The molecule has 2 N–H and O–H groups in total. The fourth-order valence-electron chi connectivity index (χ4n) is 2.66. The number of aliphatic imine (C=N–C) groups is 1. The average Bonchev–Trinajstić information content (AvgIpc) is 3.22. The van der Waals surface area contributed by atoms with Crippen LogP contribution in [0.1, 0.15) is 37.3 Å². The van der Waals surface area contributed by atoms with Crippen molar-refractivity contribution in [1.82, 2.24) is 10.6 Å². The summed E-state index contributed by atoms with van der Waals surface area (Å²) in [7, 11) is 3.53. The predicted molar refractivity (Wildman–Crippen MR) is 87.9 cm³/mol. The summed E-state index contributed by atoms with van der Waals surface area (Å²) in [5.41, 5.74) is 2.35. The topological polar surface area (TPSA) is 45.7 Å². The third-order valence-electron chi connectivity index (χ3n) is 4.02. The van der Waals surface area contributed by atoms with Gasteiger partial charge in [0.1, 0.15) is 5.75 Å². The van der Waals surface area contributed by atoms with Crippen LogP contribution in [-0.4, -0.2) is 26.2 Å². The lowest BCUT2D eigenvalue weighted by Gasteiger charge is -2.14. The molecule has 1 aromatic rings. The fourth-order valence-corrected chi connectivity index (χ4v) is 2.66. The molecule has 4 nitrogen and oxygen atoms in total. The van der Waals surface area contributed by atoms with E-state index in [0.717, 1.165) is 23.2 Å². The smallest absolute Gasteiger partial charge is 0.191 e. The predicted octanol–water partition coefficient (Wildman–Crippen LogP) is 2.86. The van der Waals surface area contributed by atoms with Gasteiger partial charge in [-0.05, 0) is 37.3 Å².